The summed E-state index contributed by atoms with van der Waals surface area (Å²) in [5, 5.41) is 0. The van der Waals surface area contributed by atoms with Crippen molar-refractivity contribution in [2.75, 3.05) is 6.61 Å². The molecule has 1 nitrogen and oxygen atoms in total. The zero-order chi connectivity index (χ0) is 19.1. The van der Waals surface area contributed by atoms with E-state index in [0.717, 1.165) is 17.2 Å². The number of hydrogen-bond donors (Lipinski definition) is 0. The first kappa shape index (κ1) is 19.9. The van der Waals surface area contributed by atoms with Crippen LogP contribution in [0.4, 0.5) is 4.39 Å². The topological polar surface area (TPSA) is 9.23 Å². The largest absolute Gasteiger partial charge is 0.494 e. The standard InChI is InChI=1S/C25H33FO/c1-3-5-6-7-19-8-10-20(11-9-19)22-14-17-24(25(26)18-22)21-12-15-23(16-13-21)27-4-2/h12-20H,3-11H2,1-2H3. The van der Waals surface area contributed by atoms with Gasteiger partial charge in [-0.1, -0.05) is 56.9 Å². The van der Waals surface area contributed by atoms with Crippen molar-refractivity contribution in [2.24, 2.45) is 5.92 Å². The lowest BCUT2D eigenvalue weighted by Gasteiger charge is -2.29. The van der Waals surface area contributed by atoms with Crippen LogP contribution >= 0.6 is 0 Å². The first-order chi connectivity index (χ1) is 13.2. The van der Waals surface area contributed by atoms with E-state index in [1.54, 1.807) is 6.07 Å². The van der Waals surface area contributed by atoms with Gasteiger partial charge >= 0.3 is 0 Å². The number of hydrogen-bond acceptors (Lipinski definition) is 1. The first-order valence-electron chi connectivity index (χ1n) is 10.7. The van der Waals surface area contributed by atoms with E-state index in [4.69, 9.17) is 4.74 Å². The minimum Gasteiger partial charge on any atom is -0.494 e. The average Bonchev–Trinajstić information content (AvgIpc) is 2.70. The molecule has 1 aliphatic rings. The molecule has 1 saturated carbocycles. The molecule has 3 rings (SSSR count). The molecule has 0 radical (unpaired) electrons. The van der Waals surface area contributed by atoms with Crippen LogP contribution in [0.5, 0.6) is 5.75 Å². The lowest BCUT2D eigenvalue weighted by molar-refractivity contribution is 0.302. The monoisotopic (exact) mass is 368 g/mol. The lowest BCUT2D eigenvalue weighted by atomic mass is 9.77. The molecular formula is C25H33FO. The minimum absolute atomic E-state index is 0.110. The van der Waals surface area contributed by atoms with Gasteiger partial charge in [-0.3, -0.25) is 0 Å². The SMILES string of the molecule is CCCCCC1CCC(c2ccc(-c3ccc(OCC)cc3)c(F)c2)CC1. The molecule has 0 heterocycles. The molecule has 0 aromatic heterocycles. The van der Waals surface area contributed by atoms with Gasteiger partial charge in [0.1, 0.15) is 11.6 Å². The molecule has 27 heavy (non-hydrogen) atoms. The Morgan fingerprint density at radius 2 is 1.67 bits per heavy atom. The van der Waals surface area contributed by atoms with E-state index in [2.05, 4.69) is 13.0 Å². The maximum Gasteiger partial charge on any atom is 0.131 e. The Bertz CT molecular complexity index is 699. The Balaban J connectivity index is 1.61. The van der Waals surface area contributed by atoms with Crippen molar-refractivity contribution in [3.63, 3.8) is 0 Å². The Kier molecular flexibility index (Phi) is 7.32. The zero-order valence-corrected chi connectivity index (χ0v) is 16.8. The van der Waals surface area contributed by atoms with Gasteiger partial charge in [-0.2, -0.15) is 0 Å². The second kappa shape index (κ2) is 9.92. The summed E-state index contributed by atoms with van der Waals surface area (Å²) in [7, 11) is 0. The molecule has 0 atom stereocenters. The second-order valence-electron chi connectivity index (χ2n) is 7.91. The summed E-state index contributed by atoms with van der Waals surface area (Å²) in [4.78, 5) is 0. The van der Waals surface area contributed by atoms with Crippen molar-refractivity contribution in [2.45, 2.75) is 71.1 Å². The third-order valence-corrected chi connectivity index (χ3v) is 6.00. The highest BCUT2D eigenvalue weighted by atomic mass is 19.1. The summed E-state index contributed by atoms with van der Waals surface area (Å²) in [5.41, 5.74) is 2.76. The molecule has 1 aliphatic carbocycles. The molecule has 2 heteroatoms. The zero-order valence-electron chi connectivity index (χ0n) is 16.8. The Hall–Kier alpha value is -1.83. The summed E-state index contributed by atoms with van der Waals surface area (Å²) in [6, 6.07) is 13.5. The van der Waals surface area contributed by atoms with E-state index >= 15 is 0 Å². The van der Waals surface area contributed by atoms with Crippen LogP contribution in [0, 0.1) is 11.7 Å². The first-order valence-corrected chi connectivity index (χ1v) is 10.7. The highest BCUT2D eigenvalue weighted by Gasteiger charge is 2.22. The Morgan fingerprint density at radius 1 is 0.926 bits per heavy atom. The fraction of sp³-hybridized carbons (Fsp3) is 0.520. The molecule has 1 fully saturated rings. The van der Waals surface area contributed by atoms with Gasteiger partial charge in [0.2, 0.25) is 0 Å². The summed E-state index contributed by atoms with van der Waals surface area (Å²) in [5.74, 6) is 2.13. The molecule has 0 bridgehead atoms. The van der Waals surface area contributed by atoms with Gasteiger partial charge in [-0.05, 0) is 73.8 Å². The van der Waals surface area contributed by atoms with Crippen LogP contribution in [-0.2, 0) is 0 Å². The van der Waals surface area contributed by atoms with Crippen molar-refractivity contribution in [3.05, 3.63) is 53.8 Å². The average molecular weight is 369 g/mol. The van der Waals surface area contributed by atoms with E-state index in [1.165, 1.54) is 56.9 Å². The number of ether oxygens (including phenoxy) is 1. The minimum atomic E-state index is -0.110. The van der Waals surface area contributed by atoms with Crippen LogP contribution in [0.2, 0.25) is 0 Å². The summed E-state index contributed by atoms with van der Waals surface area (Å²) in [6.07, 6.45) is 10.4. The van der Waals surface area contributed by atoms with Crippen molar-refractivity contribution in [1.82, 2.24) is 0 Å². The predicted molar refractivity (Wildman–Crippen MR) is 112 cm³/mol. The number of rotatable bonds is 8. The highest BCUT2D eigenvalue weighted by Crippen LogP contribution is 2.39. The molecule has 2 aromatic rings. The van der Waals surface area contributed by atoms with Crippen LogP contribution in [0.15, 0.2) is 42.5 Å². The summed E-state index contributed by atoms with van der Waals surface area (Å²) < 4.78 is 20.3. The Labute approximate surface area is 164 Å². The van der Waals surface area contributed by atoms with Crippen molar-refractivity contribution in [3.8, 4) is 16.9 Å². The highest BCUT2D eigenvalue weighted by molar-refractivity contribution is 5.65. The van der Waals surface area contributed by atoms with Crippen LogP contribution in [0.3, 0.4) is 0 Å². The van der Waals surface area contributed by atoms with E-state index in [-0.39, 0.29) is 5.82 Å². The van der Waals surface area contributed by atoms with Gasteiger partial charge < -0.3 is 4.74 Å². The van der Waals surface area contributed by atoms with Gasteiger partial charge in [0, 0.05) is 5.56 Å². The molecule has 2 aromatic carbocycles. The van der Waals surface area contributed by atoms with Gasteiger partial charge in [-0.25, -0.2) is 4.39 Å². The molecule has 146 valence electrons. The van der Waals surface area contributed by atoms with Crippen molar-refractivity contribution in [1.29, 1.82) is 0 Å². The fourth-order valence-corrected chi connectivity index (χ4v) is 4.38. The lowest BCUT2D eigenvalue weighted by Crippen LogP contribution is -2.13. The van der Waals surface area contributed by atoms with Crippen molar-refractivity contribution >= 4 is 0 Å². The van der Waals surface area contributed by atoms with E-state index in [1.807, 2.05) is 37.3 Å². The van der Waals surface area contributed by atoms with Crippen LogP contribution < -0.4 is 4.74 Å². The predicted octanol–water partition coefficient (Wildman–Crippen LogP) is 7.75. The normalized spacial score (nSPS) is 19.8. The third kappa shape index (κ3) is 5.34. The fourth-order valence-electron chi connectivity index (χ4n) is 4.38. The summed E-state index contributed by atoms with van der Waals surface area (Å²) >= 11 is 0. The van der Waals surface area contributed by atoms with E-state index < -0.39 is 0 Å². The van der Waals surface area contributed by atoms with Crippen LogP contribution in [-0.4, -0.2) is 6.61 Å². The van der Waals surface area contributed by atoms with E-state index in [0.29, 0.717) is 18.1 Å². The molecular weight excluding hydrogens is 335 g/mol. The number of unbranched alkanes of at least 4 members (excludes halogenated alkanes) is 2. The molecule has 0 aliphatic heterocycles. The quantitative estimate of drug-likeness (QED) is 0.433. The van der Waals surface area contributed by atoms with E-state index in [9.17, 15) is 4.39 Å². The number of benzene rings is 2. The molecule has 0 spiro atoms. The van der Waals surface area contributed by atoms with Crippen molar-refractivity contribution < 1.29 is 9.13 Å². The smallest absolute Gasteiger partial charge is 0.131 e. The third-order valence-electron chi connectivity index (χ3n) is 6.00. The summed E-state index contributed by atoms with van der Waals surface area (Å²) in [6.45, 7) is 4.87. The van der Waals surface area contributed by atoms with Gasteiger partial charge in [0.25, 0.3) is 0 Å². The Morgan fingerprint density at radius 3 is 2.30 bits per heavy atom. The second-order valence-corrected chi connectivity index (χ2v) is 7.91. The maximum absolute atomic E-state index is 14.8. The maximum atomic E-state index is 14.8. The van der Waals surface area contributed by atoms with Gasteiger partial charge in [0.15, 0.2) is 0 Å². The number of halogens is 1. The van der Waals surface area contributed by atoms with Gasteiger partial charge in [-0.15, -0.1) is 0 Å². The molecule has 0 unspecified atom stereocenters. The van der Waals surface area contributed by atoms with Gasteiger partial charge in [0.05, 0.1) is 6.61 Å². The molecule has 0 N–H and O–H groups in total. The molecule has 0 saturated heterocycles. The van der Waals surface area contributed by atoms with Crippen LogP contribution in [0.25, 0.3) is 11.1 Å². The molecule has 0 amide bonds. The van der Waals surface area contributed by atoms with Crippen LogP contribution in [0.1, 0.15) is 76.7 Å².